The summed E-state index contributed by atoms with van der Waals surface area (Å²) in [4.78, 5) is 16.7. The molecule has 26 heavy (non-hydrogen) atoms. The molecule has 3 rings (SSSR count). The van der Waals surface area contributed by atoms with E-state index >= 15 is 0 Å². The topological polar surface area (TPSA) is 41.4 Å². The van der Waals surface area contributed by atoms with Crippen LogP contribution in [-0.2, 0) is 24.8 Å². The Morgan fingerprint density at radius 3 is 2.92 bits per heavy atom. The van der Waals surface area contributed by atoms with Crippen LogP contribution >= 0.6 is 0 Å². The van der Waals surface area contributed by atoms with Crippen LogP contribution in [0.1, 0.15) is 30.4 Å². The van der Waals surface area contributed by atoms with Gasteiger partial charge in [-0.1, -0.05) is 18.2 Å². The summed E-state index contributed by atoms with van der Waals surface area (Å²) in [6.07, 6.45) is 6.99. The monoisotopic (exact) mass is 358 g/mol. The molecule has 140 valence electrons. The second kappa shape index (κ2) is 8.45. The number of carbonyl (C=O) groups excluding carboxylic acids is 1. The van der Waals surface area contributed by atoms with Crippen LogP contribution in [0, 0.1) is 5.82 Å². The van der Waals surface area contributed by atoms with E-state index in [2.05, 4.69) is 10.00 Å². The van der Waals surface area contributed by atoms with Gasteiger partial charge in [-0.15, -0.1) is 0 Å². The van der Waals surface area contributed by atoms with Gasteiger partial charge in [-0.05, 0) is 37.4 Å². The molecule has 1 saturated heterocycles. The maximum absolute atomic E-state index is 13.9. The predicted octanol–water partition coefficient (Wildman–Crippen LogP) is 2.61. The van der Waals surface area contributed by atoms with Gasteiger partial charge in [0.15, 0.2) is 0 Å². The molecule has 0 N–H and O–H groups in total. The number of amides is 1. The van der Waals surface area contributed by atoms with Crippen LogP contribution in [0.3, 0.4) is 0 Å². The van der Waals surface area contributed by atoms with Gasteiger partial charge in [-0.3, -0.25) is 14.4 Å². The molecule has 2 aromatic rings. The molecule has 1 atom stereocenters. The van der Waals surface area contributed by atoms with E-state index in [4.69, 9.17) is 0 Å². The van der Waals surface area contributed by atoms with E-state index in [1.165, 1.54) is 6.07 Å². The molecular weight excluding hydrogens is 331 g/mol. The molecule has 6 heteroatoms. The van der Waals surface area contributed by atoms with Crippen molar-refractivity contribution in [1.82, 2.24) is 19.6 Å². The lowest BCUT2D eigenvalue weighted by Crippen LogP contribution is -2.48. The van der Waals surface area contributed by atoms with E-state index in [1.807, 2.05) is 43.5 Å². The summed E-state index contributed by atoms with van der Waals surface area (Å²) in [6.45, 7) is 2.34. The SMILES string of the molecule is CN(C(=O)CCc1cnn(C)c1)[C@@H]1CCCN(Cc2ccccc2F)C1. The van der Waals surface area contributed by atoms with Crippen molar-refractivity contribution < 1.29 is 9.18 Å². The van der Waals surface area contributed by atoms with Crippen molar-refractivity contribution in [3.05, 3.63) is 53.6 Å². The summed E-state index contributed by atoms with van der Waals surface area (Å²) in [5.74, 6) is 0.00196. The van der Waals surface area contributed by atoms with E-state index in [0.29, 0.717) is 19.4 Å². The fraction of sp³-hybridized carbons (Fsp3) is 0.500. The van der Waals surface area contributed by atoms with E-state index in [9.17, 15) is 9.18 Å². The maximum Gasteiger partial charge on any atom is 0.222 e. The highest BCUT2D eigenvalue weighted by atomic mass is 19.1. The number of halogens is 1. The molecule has 0 radical (unpaired) electrons. The standard InChI is InChI=1S/C20H27FN4O/c1-23-13-16(12-22-23)9-10-20(26)24(2)18-7-5-11-25(15-18)14-17-6-3-4-8-19(17)21/h3-4,6,8,12-13,18H,5,7,9-11,14-15H2,1-2H3/t18-/m1/s1. The highest BCUT2D eigenvalue weighted by Gasteiger charge is 2.26. The van der Waals surface area contributed by atoms with Crippen molar-refractivity contribution >= 4 is 5.91 Å². The van der Waals surface area contributed by atoms with Crippen molar-refractivity contribution in [2.75, 3.05) is 20.1 Å². The third-order valence-corrected chi connectivity index (χ3v) is 5.16. The second-order valence-electron chi connectivity index (χ2n) is 7.15. The lowest BCUT2D eigenvalue weighted by molar-refractivity contribution is -0.133. The number of rotatable bonds is 6. The lowest BCUT2D eigenvalue weighted by Gasteiger charge is -2.37. The van der Waals surface area contributed by atoms with E-state index in [-0.39, 0.29) is 17.8 Å². The van der Waals surface area contributed by atoms with Crippen molar-refractivity contribution in [3.63, 3.8) is 0 Å². The van der Waals surface area contributed by atoms with Crippen molar-refractivity contribution in [2.24, 2.45) is 7.05 Å². The molecular formula is C20H27FN4O. The van der Waals surface area contributed by atoms with Gasteiger partial charge in [0, 0.05) is 51.4 Å². The molecule has 2 heterocycles. The molecule has 1 amide bonds. The van der Waals surface area contributed by atoms with Crippen molar-refractivity contribution in [2.45, 2.75) is 38.3 Å². The van der Waals surface area contributed by atoms with Crippen LogP contribution in [0.2, 0.25) is 0 Å². The summed E-state index contributed by atoms with van der Waals surface area (Å²) >= 11 is 0. The van der Waals surface area contributed by atoms with Gasteiger partial charge in [-0.25, -0.2) is 4.39 Å². The minimum Gasteiger partial charge on any atom is -0.341 e. The minimum absolute atomic E-state index is 0.157. The Labute approximate surface area is 154 Å². The van der Waals surface area contributed by atoms with Crippen LogP contribution in [-0.4, -0.2) is 51.7 Å². The number of aryl methyl sites for hydroxylation is 2. The Bertz CT molecular complexity index is 745. The van der Waals surface area contributed by atoms with E-state index in [0.717, 1.165) is 37.1 Å². The van der Waals surface area contributed by atoms with Gasteiger partial charge in [0.25, 0.3) is 0 Å². The quantitative estimate of drug-likeness (QED) is 0.797. The number of hydrogen-bond donors (Lipinski definition) is 0. The maximum atomic E-state index is 13.9. The molecule has 5 nitrogen and oxygen atoms in total. The summed E-state index contributed by atoms with van der Waals surface area (Å²) in [5, 5.41) is 4.14. The first kappa shape index (κ1) is 18.6. The molecule has 1 aromatic carbocycles. The zero-order valence-electron chi connectivity index (χ0n) is 15.6. The molecule has 1 aliphatic rings. The molecule has 0 spiro atoms. The van der Waals surface area contributed by atoms with Crippen LogP contribution < -0.4 is 0 Å². The van der Waals surface area contributed by atoms with Gasteiger partial charge >= 0.3 is 0 Å². The number of carbonyl (C=O) groups is 1. The molecule has 1 fully saturated rings. The molecule has 0 bridgehead atoms. The smallest absolute Gasteiger partial charge is 0.222 e. The third kappa shape index (κ3) is 4.69. The Kier molecular flexibility index (Phi) is 6.04. The minimum atomic E-state index is -0.157. The molecule has 0 aliphatic carbocycles. The van der Waals surface area contributed by atoms with Gasteiger partial charge in [0.05, 0.1) is 6.20 Å². The number of piperidine rings is 1. The summed E-state index contributed by atoms with van der Waals surface area (Å²) in [7, 11) is 3.77. The summed E-state index contributed by atoms with van der Waals surface area (Å²) in [6, 6.07) is 7.12. The van der Waals surface area contributed by atoms with Crippen LogP contribution in [0.5, 0.6) is 0 Å². The summed E-state index contributed by atoms with van der Waals surface area (Å²) in [5.41, 5.74) is 1.80. The Morgan fingerprint density at radius 1 is 1.38 bits per heavy atom. The fourth-order valence-corrected chi connectivity index (χ4v) is 3.59. The largest absolute Gasteiger partial charge is 0.341 e. The first-order chi connectivity index (χ1) is 12.5. The Hall–Kier alpha value is -2.21. The van der Waals surface area contributed by atoms with Gasteiger partial charge in [-0.2, -0.15) is 5.10 Å². The zero-order valence-corrected chi connectivity index (χ0v) is 15.6. The molecule has 0 saturated carbocycles. The van der Waals surface area contributed by atoms with Crippen LogP contribution in [0.15, 0.2) is 36.7 Å². The number of aromatic nitrogens is 2. The first-order valence-corrected chi connectivity index (χ1v) is 9.22. The number of likely N-dealkylation sites (N-methyl/N-ethyl adjacent to an activating group) is 1. The first-order valence-electron chi connectivity index (χ1n) is 9.22. The van der Waals surface area contributed by atoms with Crippen molar-refractivity contribution in [3.8, 4) is 0 Å². The Morgan fingerprint density at radius 2 is 2.19 bits per heavy atom. The van der Waals surface area contributed by atoms with E-state index < -0.39 is 0 Å². The molecule has 1 aromatic heterocycles. The number of nitrogens with zero attached hydrogens (tertiary/aromatic N) is 4. The number of benzene rings is 1. The van der Waals surface area contributed by atoms with Gasteiger partial charge in [0.1, 0.15) is 5.82 Å². The second-order valence-corrected chi connectivity index (χ2v) is 7.15. The number of likely N-dealkylation sites (tertiary alicyclic amines) is 1. The van der Waals surface area contributed by atoms with Gasteiger partial charge < -0.3 is 4.90 Å². The number of hydrogen-bond acceptors (Lipinski definition) is 3. The normalized spacial score (nSPS) is 18.0. The average molecular weight is 358 g/mol. The zero-order chi connectivity index (χ0) is 18.5. The fourth-order valence-electron chi connectivity index (χ4n) is 3.59. The highest BCUT2D eigenvalue weighted by Crippen LogP contribution is 2.19. The Balaban J connectivity index is 1.52. The molecule has 0 unspecified atom stereocenters. The van der Waals surface area contributed by atoms with Crippen LogP contribution in [0.25, 0.3) is 0 Å². The van der Waals surface area contributed by atoms with Crippen molar-refractivity contribution in [1.29, 1.82) is 0 Å². The van der Waals surface area contributed by atoms with Gasteiger partial charge in [0.2, 0.25) is 5.91 Å². The third-order valence-electron chi connectivity index (χ3n) is 5.16. The van der Waals surface area contributed by atoms with E-state index in [1.54, 1.807) is 10.7 Å². The van der Waals surface area contributed by atoms with Crippen LogP contribution in [0.4, 0.5) is 4.39 Å². The average Bonchev–Trinajstić information content (AvgIpc) is 3.06. The highest BCUT2D eigenvalue weighted by molar-refractivity contribution is 5.76. The summed E-state index contributed by atoms with van der Waals surface area (Å²) < 4.78 is 15.6. The lowest BCUT2D eigenvalue weighted by atomic mass is 10.0. The predicted molar refractivity (Wildman–Crippen MR) is 99.0 cm³/mol. The molecule has 1 aliphatic heterocycles.